The molecule has 0 spiro atoms. The van der Waals surface area contributed by atoms with Crippen molar-refractivity contribution in [1.82, 2.24) is 5.32 Å². The minimum absolute atomic E-state index is 0.0958. The lowest BCUT2D eigenvalue weighted by Crippen LogP contribution is -2.35. The van der Waals surface area contributed by atoms with Crippen molar-refractivity contribution in [3.63, 3.8) is 0 Å². The summed E-state index contributed by atoms with van der Waals surface area (Å²) in [6.07, 6.45) is 0. The quantitative estimate of drug-likeness (QED) is 0.726. The van der Waals surface area contributed by atoms with Crippen LogP contribution in [0.3, 0.4) is 0 Å². The van der Waals surface area contributed by atoms with Gasteiger partial charge in [0.15, 0.2) is 0 Å². The number of halogens is 1. The summed E-state index contributed by atoms with van der Waals surface area (Å²) in [6, 6.07) is 4.17. The smallest absolute Gasteiger partial charge is 0.255 e. The molecule has 0 heterocycles. The molecule has 0 saturated heterocycles. The van der Waals surface area contributed by atoms with Crippen LogP contribution in [-0.2, 0) is 0 Å². The van der Waals surface area contributed by atoms with Crippen molar-refractivity contribution in [3.8, 4) is 5.75 Å². The van der Waals surface area contributed by atoms with E-state index in [1.165, 1.54) is 18.2 Å². The van der Waals surface area contributed by atoms with E-state index in [4.69, 9.17) is 17.3 Å². The van der Waals surface area contributed by atoms with E-state index < -0.39 is 0 Å². The fraction of sp³-hybridized carbons (Fsp3) is 0.300. The normalized spacial score (nSPS) is 12.2. The number of carbonyl (C=O) groups is 1. The zero-order valence-corrected chi connectivity index (χ0v) is 9.08. The Hall–Kier alpha value is -1.26. The molecule has 0 radical (unpaired) electrons. The molecule has 1 aromatic carbocycles. The third-order valence-corrected chi connectivity index (χ3v) is 2.02. The number of nitrogens with two attached hydrogens (primary N) is 1. The maximum absolute atomic E-state index is 11.5. The van der Waals surface area contributed by atoms with Crippen LogP contribution in [0.4, 0.5) is 0 Å². The van der Waals surface area contributed by atoms with Gasteiger partial charge in [-0.2, -0.15) is 0 Å². The number of aromatic hydroxyl groups is 1. The molecule has 0 aliphatic heterocycles. The molecular weight excluding hydrogens is 216 g/mol. The summed E-state index contributed by atoms with van der Waals surface area (Å²) in [5.74, 6) is -0.478. The van der Waals surface area contributed by atoms with Gasteiger partial charge < -0.3 is 16.2 Å². The maximum Gasteiger partial charge on any atom is 0.255 e. The van der Waals surface area contributed by atoms with Crippen molar-refractivity contribution < 1.29 is 9.90 Å². The highest BCUT2D eigenvalue weighted by molar-refractivity contribution is 6.31. The van der Waals surface area contributed by atoms with E-state index in [2.05, 4.69) is 5.32 Å². The van der Waals surface area contributed by atoms with E-state index >= 15 is 0 Å². The van der Waals surface area contributed by atoms with E-state index in [1.54, 1.807) is 6.92 Å². The van der Waals surface area contributed by atoms with E-state index in [0.717, 1.165) is 0 Å². The summed E-state index contributed by atoms with van der Waals surface area (Å²) in [4.78, 5) is 11.5. The number of phenolic OH excluding ortho intramolecular Hbond substituents is 1. The molecule has 1 unspecified atom stereocenters. The van der Waals surface area contributed by atoms with Gasteiger partial charge in [-0.05, 0) is 25.1 Å². The number of rotatable bonds is 3. The van der Waals surface area contributed by atoms with Gasteiger partial charge in [-0.25, -0.2) is 0 Å². The Balaban J connectivity index is 2.77. The SMILES string of the molecule is CC(N)CNC(=O)c1cc(Cl)ccc1O. The van der Waals surface area contributed by atoms with Gasteiger partial charge in [0.05, 0.1) is 5.56 Å². The Morgan fingerprint density at radius 1 is 1.67 bits per heavy atom. The van der Waals surface area contributed by atoms with Gasteiger partial charge in [-0.15, -0.1) is 0 Å². The molecule has 0 aliphatic carbocycles. The minimum atomic E-state index is -0.382. The average molecular weight is 229 g/mol. The second kappa shape index (κ2) is 5.00. The van der Waals surface area contributed by atoms with Crippen LogP contribution in [0.15, 0.2) is 18.2 Å². The predicted octanol–water partition coefficient (Wildman–Crippen LogP) is 1.12. The molecule has 1 atom stereocenters. The number of carbonyl (C=O) groups excluding carboxylic acids is 1. The lowest BCUT2D eigenvalue weighted by molar-refractivity contribution is 0.0949. The Labute approximate surface area is 93.0 Å². The standard InChI is InChI=1S/C10H13ClN2O2/c1-6(12)5-13-10(15)8-4-7(11)2-3-9(8)14/h2-4,6,14H,5,12H2,1H3,(H,13,15). The second-order valence-electron chi connectivity index (χ2n) is 3.35. The molecule has 82 valence electrons. The number of phenols is 1. The first-order chi connectivity index (χ1) is 7.00. The van der Waals surface area contributed by atoms with Gasteiger partial charge in [-0.1, -0.05) is 11.6 Å². The monoisotopic (exact) mass is 228 g/mol. The highest BCUT2D eigenvalue weighted by Gasteiger charge is 2.11. The molecule has 0 aromatic heterocycles. The first kappa shape index (κ1) is 11.8. The summed E-state index contributed by atoms with van der Waals surface area (Å²) in [6.45, 7) is 2.13. The van der Waals surface area contributed by atoms with Gasteiger partial charge in [0, 0.05) is 17.6 Å². The van der Waals surface area contributed by atoms with Crippen LogP contribution >= 0.6 is 11.6 Å². The molecule has 4 nitrogen and oxygen atoms in total. The number of benzene rings is 1. The van der Waals surface area contributed by atoms with Crippen molar-refractivity contribution in [2.45, 2.75) is 13.0 Å². The number of nitrogens with one attached hydrogen (secondary N) is 1. The van der Waals surface area contributed by atoms with Gasteiger partial charge in [0.1, 0.15) is 5.75 Å². The Morgan fingerprint density at radius 2 is 2.33 bits per heavy atom. The van der Waals surface area contributed by atoms with Crippen LogP contribution in [0, 0.1) is 0 Å². The zero-order chi connectivity index (χ0) is 11.4. The fourth-order valence-corrected chi connectivity index (χ4v) is 1.21. The Kier molecular flexibility index (Phi) is 3.94. The van der Waals surface area contributed by atoms with Crippen LogP contribution < -0.4 is 11.1 Å². The molecular formula is C10H13ClN2O2. The van der Waals surface area contributed by atoms with Gasteiger partial charge in [0.2, 0.25) is 0 Å². The maximum atomic E-state index is 11.5. The summed E-state index contributed by atoms with van der Waals surface area (Å²) in [7, 11) is 0. The van der Waals surface area contributed by atoms with E-state index in [-0.39, 0.29) is 23.3 Å². The van der Waals surface area contributed by atoms with Crippen LogP contribution in [-0.4, -0.2) is 23.6 Å². The molecule has 0 bridgehead atoms. The minimum Gasteiger partial charge on any atom is -0.507 e. The lowest BCUT2D eigenvalue weighted by atomic mass is 10.2. The first-order valence-electron chi connectivity index (χ1n) is 4.53. The predicted molar refractivity (Wildman–Crippen MR) is 59.1 cm³/mol. The topological polar surface area (TPSA) is 75.3 Å². The Morgan fingerprint density at radius 3 is 2.93 bits per heavy atom. The van der Waals surface area contributed by atoms with Crippen molar-refractivity contribution in [1.29, 1.82) is 0 Å². The summed E-state index contributed by atoms with van der Waals surface area (Å²) < 4.78 is 0. The van der Waals surface area contributed by atoms with Crippen LogP contribution in [0.25, 0.3) is 0 Å². The van der Waals surface area contributed by atoms with E-state index in [1.807, 2.05) is 0 Å². The number of hydrogen-bond donors (Lipinski definition) is 3. The first-order valence-corrected chi connectivity index (χ1v) is 4.91. The average Bonchev–Trinajstić information content (AvgIpc) is 2.18. The highest BCUT2D eigenvalue weighted by Crippen LogP contribution is 2.21. The van der Waals surface area contributed by atoms with Gasteiger partial charge in [-0.3, -0.25) is 4.79 Å². The summed E-state index contributed by atoms with van der Waals surface area (Å²) >= 11 is 5.71. The molecule has 4 N–H and O–H groups in total. The summed E-state index contributed by atoms with van der Waals surface area (Å²) in [5.41, 5.74) is 5.64. The van der Waals surface area contributed by atoms with Crippen LogP contribution in [0.1, 0.15) is 17.3 Å². The molecule has 5 heteroatoms. The van der Waals surface area contributed by atoms with E-state index in [0.29, 0.717) is 11.6 Å². The Bertz CT molecular complexity index is 366. The third-order valence-electron chi connectivity index (χ3n) is 1.79. The zero-order valence-electron chi connectivity index (χ0n) is 8.33. The molecule has 0 saturated carbocycles. The molecule has 1 amide bonds. The molecule has 0 fully saturated rings. The van der Waals surface area contributed by atoms with Crippen molar-refractivity contribution in [2.75, 3.05) is 6.54 Å². The molecule has 1 aromatic rings. The second-order valence-corrected chi connectivity index (χ2v) is 3.79. The molecule has 1 rings (SSSR count). The lowest BCUT2D eigenvalue weighted by Gasteiger charge is -2.08. The van der Waals surface area contributed by atoms with E-state index in [9.17, 15) is 9.90 Å². The highest BCUT2D eigenvalue weighted by atomic mass is 35.5. The summed E-state index contributed by atoms with van der Waals surface area (Å²) in [5, 5.41) is 12.4. The molecule has 0 aliphatic rings. The van der Waals surface area contributed by atoms with Gasteiger partial charge >= 0.3 is 0 Å². The van der Waals surface area contributed by atoms with Crippen molar-refractivity contribution in [2.24, 2.45) is 5.73 Å². The third kappa shape index (κ3) is 3.42. The van der Waals surface area contributed by atoms with Gasteiger partial charge in [0.25, 0.3) is 5.91 Å². The number of amides is 1. The fourth-order valence-electron chi connectivity index (χ4n) is 1.04. The van der Waals surface area contributed by atoms with Crippen molar-refractivity contribution >= 4 is 17.5 Å². The van der Waals surface area contributed by atoms with Crippen LogP contribution in [0.5, 0.6) is 5.75 Å². The van der Waals surface area contributed by atoms with Crippen LogP contribution in [0.2, 0.25) is 5.02 Å². The van der Waals surface area contributed by atoms with Crippen molar-refractivity contribution in [3.05, 3.63) is 28.8 Å². The molecule has 15 heavy (non-hydrogen) atoms. The number of hydrogen-bond acceptors (Lipinski definition) is 3. The largest absolute Gasteiger partial charge is 0.507 e.